The summed E-state index contributed by atoms with van der Waals surface area (Å²) in [6, 6.07) is 2.00. The molecule has 3 aromatic heterocycles. The summed E-state index contributed by atoms with van der Waals surface area (Å²) in [5, 5.41) is 9.29. The van der Waals surface area contributed by atoms with Crippen LogP contribution in [0.3, 0.4) is 0 Å². The Morgan fingerprint density at radius 3 is 2.62 bits per heavy atom. The quantitative estimate of drug-likeness (QED) is 0.717. The summed E-state index contributed by atoms with van der Waals surface area (Å²) in [5.41, 5.74) is 1.82. The van der Waals surface area contributed by atoms with Crippen LogP contribution in [0.5, 0.6) is 0 Å². The van der Waals surface area contributed by atoms with Crippen LogP contribution in [-0.2, 0) is 13.6 Å². The van der Waals surface area contributed by atoms with Crippen molar-refractivity contribution in [1.82, 2.24) is 29.8 Å². The molecule has 1 aliphatic heterocycles. The topological polar surface area (TPSA) is 76.1 Å². The van der Waals surface area contributed by atoms with Crippen molar-refractivity contribution < 1.29 is 4.52 Å². The number of hydrogen-bond acceptors (Lipinski definition) is 7. The molecule has 1 aliphatic rings. The molecule has 0 atom stereocenters. The molecule has 3 aromatic rings. The number of aromatic nitrogens is 5. The van der Waals surface area contributed by atoms with Crippen LogP contribution < -0.4 is 4.90 Å². The second-order valence-corrected chi connectivity index (χ2v) is 6.30. The molecule has 8 heteroatoms. The van der Waals surface area contributed by atoms with Gasteiger partial charge in [-0.05, 0) is 13.8 Å². The zero-order chi connectivity index (χ0) is 16.7. The van der Waals surface area contributed by atoms with Gasteiger partial charge in [0, 0.05) is 39.3 Å². The summed E-state index contributed by atoms with van der Waals surface area (Å²) >= 11 is 0. The van der Waals surface area contributed by atoms with Gasteiger partial charge in [0.25, 0.3) is 0 Å². The fourth-order valence-electron chi connectivity index (χ4n) is 3.18. The summed E-state index contributed by atoms with van der Waals surface area (Å²) in [6.45, 7) is 8.45. The third kappa shape index (κ3) is 2.73. The first-order valence-corrected chi connectivity index (χ1v) is 8.16. The summed E-state index contributed by atoms with van der Waals surface area (Å²) in [7, 11) is 1.91. The predicted octanol–water partition coefficient (Wildman–Crippen LogP) is 1.29. The highest BCUT2D eigenvalue weighted by molar-refractivity contribution is 5.87. The van der Waals surface area contributed by atoms with Crippen molar-refractivity contribution >= 4 is 16.9 Å². The average molecular weight is 327 g/mol. The Bertz CT molecular complexity index is 861. The van der Waals surface area contributed by atoms with Crippen molar-refractivity contribution in [1.29, 1.82) is 0 Å². The summed E-state index contributed by atoms with van der Waals surface area (Å²) in [6.07, 6.45) is 1.85. The van der Waals surface area contributed by atoms with Gasteiger partial charge in [-0.1, -0.05) is 5.16 Å². The van der Waals surface area contributed by atoms with Crippen LogP contribution in [0.1, 0.15) is 17.3 Å². The van der Waals surface area contributed by atoms with Gasteiger partial charge in [-0.15, -0.1) is 0 Å². The number of anilines is 1. The first kappa shape index (κ1) is 15.1. The summed E-state index contributed by atoms with van der Waals surface area (Å²) in [4.78, 5) is 13.9. The van der Waals surface area contributed by atoms with Crippen LogP contribution in [0, 0.1) is 13.8 Å². The van der Waals surface area contributed by atoms with Crippen LogP contribution in [-0.4, -0.2) is 56.0 Å². The van der Waals surface area contributed by atoms with Gasteiger partial charge >= 0.3 is 0 Å². The smallest absolute Gasteiger partial charge is 0.163 e. The fraction of sp³-hybridized carbons (Fsp3) is 0.500. The van der Waals surface area contributed by atoms with Crippen molar-refractivity contribution in [2.45, 2.75) is 20.4 Å². The predicted molar refractivity (Wildman–Crippen MR) is 89.8 cm³/mol. The van der Waals surface area contributed by atoms with E-state index in [1.54, 1.807) is 4.68 Å². The van der Waals surface area contributed by atoms with Crippen LogP contribution >= 0.6 is 0 Å². The maximum Gasteiger partial charge on any atom is 0.163 e. The Hall–Kier alpha value is -2.48. The van der Waals surface area contributed by atoms with Crippen molar-refractivity contribution in [3.05, 3.63) is 29.5 Å². The molecule has 0 bridgehead atoms. The molecule has 1 fully saturated rings. The number of hydrogen-bond donors (Lipinski definition) is 0. The normalized spacial score (nSPS) is 16.2. The second kappa shape index (κ2) is 5.86. The van der Waals surface area contributed by atoms with Gasteiger partial charge in [-0.25, -0.2) is 9.97 Å². The Labute approximate surface area is 140 Å². The molecule has 0 saturated carbocycles. The molecule has 24 heavy (non-hydrogen) atoms. The van der Waals surface area contributed by atoms with Gasteiger partial charge in [0.1, 0.15) is 11.6 Å². The monoisotopic (exact) mass is 327 g/mol. The molecule has 126 valence electrons. The third-order valence-electron chi connectivity index (χ3n) is 4.41. The molecule has 0 unspecified atom stereocenters. The molecule has 0 aliphatic carbocycles. The molecule has 0 amide bonds. The van der Waals surface area contributed by atoms with Crippen LogP contribution in [0.2, 0.25) is 0 Å². The van der Waals surface area contributed by atoms with Gasteiger partial charge in [0.15, 0.2) is 11.4 Å². The Morgan fingerprint density at radius 1 is 1.12 bits per heavy atom. The number of aryl methyl sites for hydroxylation is 3. The lowest BCUT2D eigenvalue weighted by atomic mass is 10.2. The van der Waals surface area contributed by atoms with E-state index in [0.717, 1.165) is 66.9 Å². The minimum Gasteiger partial charge on any atom is -0.360 e. The van der Waals surface area contributed by atoms with Crippen molar-refractivity contribution in [2.24, 2.45) is 7.05 Å². The van der Waals surface area contributed by atoms with Crippen molar-refractivity contribution in [2.75, 3.05) is 31.1 Å². The van der Waals surface area contributed by atoms with Crippen LogP contribution in [0.4, 0.5) is 5.82 Å². The van der Waals surface area contributed by atoms with E-state index in [9.17, 15) is 0 Å². The standard InChI is InChI=1S/C16H21N7O/c1-11-8-13(24-20-11)10-22-4-6-23(7-5-22)16-14-9-17-21(3)15(14)18-12(2)19-16/h8-9H,4-7,10H2,1-3H3. The molecule has 0 aromatic carbocycles. The van der Waals surface area contributed by atoms with Crippen molar-refractivity contribution in [3.63, 3.8) is 0 Å². The molecule has 0 spiro atoms. The molecule has 0 N–H and O–H groups in total. The fourth-order valence-corrected chi connectivity index (χ4v) is 3.18. The Kier molecular flexibility index (Phi) is 3.68. The first-order valence-electron chi connectivity index (χ1n) is 8.16. The maximum atomic E-state index is 5.32. The van der Waals surface area contributed by atoms with Gasteiger partial charge in [0.05, 0.1) is 23.8 Å². The largest absolute Gasteiger partial charge is 0.360 e. The van der Waals surface area contributed by atoms with E-state index < -0.39 is 0 Å². The highest BCUT2D eigenvalue weighted by atomic mass is 16.5. The van der Waals surface area contributed by atoms with E-state index in [1.807, 2.05) is 33.2 Å². The molecule has 4 heterocycles. The van der Waals surface area contributed by atoms with E-state index in [1.165, 1.54) is 0 Å². The lowest BCUT2D eigenvalue weighted by molar-refractivity contribution is 0.219. The van der Waals surface area contributed by atoms with Crippen LogP contribution in [0.15, 0.2) is 16.8 Å². The lowest BCUT2D eigenvalue weighted by Crippen LogP contribution is -2.46. The van der Waals surface area contributed by atoms with Crippen LogP contribution in [0.25, 0.3) is 11.0 Å². The van der Waals surface area contributed by atoms with Gasteiger partial charge in [0.2, 0.25) is 0 Å². The third-order valence-corrected chi connectivity index (χ3v) is 4.41. The SMILES string of the molecule is Cc1cc(CN2CCN(c3nc(C)nc4c3cnn4C)CC2)on1. The van der Waals surface area contributed by atoms with Gasteiger partial charge < -0.3 is 9.42 Å². The summed E-state index contributed by atoms with van der Waals surface area (Å²) < 4.78 is 7.12. The summed E-state index contributed by atoms with van der Waals surface area (Å²) in [5.74, 6) is 2.69. The van der Waals surface area contributed by atoms with E-state index in [-0.39, 0.29) is 0 Å². The number of rotatable bonds is 3. The minimum atomic E-state index is 0.778. The molecule has 4 rings (SSSR count). The zero-order valence-corrected chi connectivity index (χ0v) is 14.2. The highest BCUT2D eigenvalue weighted by Gasteiger charge is 2.22. The van der Waals surface area contributed by atoms with Gasteiger partial charge in [-0.2, -0.15) is 5.10 Å². The number of piperazine rings is 1. The zero-order valence-electron chi connectivity index (χ0n) is 14.2. The molecule has 0 radical (unpaired) electrons. The minimum absolute atomic E-state index is 0.778. The number of fused-ring (bicyclic) bond motifs is 1. The molecular formula is C16H21N7O. The second-order valence-electron chi connectivity index (χ2n) is 6.30. The van der Waals surface area contributed by atoms with E-state index >= 15 is 0 Å². The molecule has 8 nitrogen and oxygen atoms in total. The number of nitrogens with zero attached hydrogens (tertiary/aromatic N) is 7. The average Bonchev–Trinajstić information content (AvgIpc) is 3.14. The van der Waals surface area contributed by atoms with E-state index in [0.29, 0.717) is 0 Å². The van der Waals surface area contributed by atoms with E-state index in [2.05, 4.69) is 30.0 Å². The maximum absolute atomic E-state index is 5.32. The molecular weight excluding hydrogens is 306 g/mol. The first-order chi connectivity index (χ1) is 11.6. The Balaban J connectivity index is 1.50. The highest BCUT2D eigenvalue weighted by Crippen LogP contribution is 2.24. The Morgan fingerprint density at radius 2 is 1.92 bits per heavy atom. The lowest BCUT2D eigenvalue weighted by Gasteiger charge is -2.35. The van der Waals surface area contributed by atoms with Crippen molar-refractivity contribution in [3.8, 4) is 0 Å². The van der Waals surface area contributed by atoms with Gasteiger partial charge in [-0.3, -0.25) is 9.58 Å². The van der Waals surface area contributed by atoms with E-state index in [4.69, 9.17) is 4.52 Å². The molecule has 1 saturated heterocycles.